The van der Waals surface area contributed by atoms with Crippen LogP contribution in [0.25, 0.3) is 0 Å². The van der Waals surface area contributed by atoms with Crippen LogP contribution in [0.4, 0.5) is 0 Å². The third-order valence-corrected chi connectivity index (χ3v) is 2.81. The van der Waals surface area contributed by atoms with Gasteiger partial charge < -0.3 is 10.2 Å². The number of likely N-dealkylation sites (tertiary alicyclic amines) is 1. The number of piperidine rings is 1. The van der Waals surface area contributed by atoms with E-state index in [-0.39, 0.29) is 5.91 Å². The third kappa shape index (κ3) is 3.66. The number of amides is 1. The molecule has 0 unspecified atom stereocenters. The van der Waals surface area contributed by atoms with Crippen molar-refractivity contribution in [2.75, 3.05) is 19.6 Å². The minimum Gasteiger partial charge on any atom is -0.353 e. The maximum Gasteiger partial charge on any atom is 0.219 e. The second kappa shape index (κ2) is 6.02. The van der Waals surface area contributed by atoms with Crippen LogP contribution >= 0.6 is 0 Å². The Morgan fingerprint density at radius 3 is 2.50 bits per heavy atom. The fraction of sp³-hybridized carbons (Fsp3) is 0.909. The Morgan fingerprint density at radius 1 is 1.36 bits per heavy atom. The summed E-state index contributed by atoms with van der Waals surface area (Å²) >= 11 is 0. The smallest absolute Gasteiger partial charge is 0.219 e. The van der Waals surface area contributed by atoms with Gasteiger partial charge in [-0.3, -0.25) is 4.79 Å². The first kappa shape index (κ1) is 11.5. The molecule has 0 aromatic heterocycles. The van der Waals surface area contributed by atoms with Crippen molar-refractivity contribution in [3.63, 3.8) is 0 Å². The van der Waals surface area contributed by atoms with Crippen LogP contribution < -0.4 is 5.32 Å². The van der Waals surface area contributed by atoms with Crippen LogP contribution in [0.15, 0.2) is 0 Å². The second-order valence-corrected chi connectivity index (χ2v) is 4.04. The van der Waals surface area contributed by atoms with Gasteiger partial charge in [-0.2, -0.15) is 0 Å². The van der Waals surface area contributed by atoms with Gasteiger partial charge in [0.05, 0.1) is 0 Å². The van der Waals surface area contributed by atoms with Gasteiger partial charge in [-0.1, -0.05) is 13.8 Å². The molecule has 1 amide bonds. The van der Waals surface area contributed by atoms with Crippen molar-refractivity contribution in [3.8, 4) is 0 Å². The Balaban J connectivity index is 2.18. The maximum absolute atomic E-state index is 11.2. The van der Waals surface area contributed by atoms with Gasteiger partial charge in [0, 0.05) is 25.6 Å². The molecule has 82 valence electrons. The molecule has 1 N–H and O–H groups in total. The fourth-order valence-corrected chi connectivity index (χ4v) is 1.95. The number of hydrogen-bond acceptors (Lipinski definition) is 2. The number of nitrogens with zero attached hydrogens (tertiary/aromatic N) is 1. The molecule has 0 bridgehead atoms. The number of carbonyl (C=O) groups excluding carboxylic acids is 1. The van der Waals surface area contributed by atoms with E-state index in [0.29, 0.717) is 12.5 Å². The van der Waals surface area contributed by atoms with Crippen LogP contribution in [0.2, 0.25) is 0 Å². The molecular weight excluding hydrogens is 176 g/mol. The summed E-state index contributed by atoms with van der Waals surface area (Å²) in [5, 5.41) is 3.07. The average Bonchev–Trinajstić information content (AvgIpc) is 2.21. The van der Waals surface area contributed by atoms with Crippen LogP contribution in [0, 0.1) is 0 Å². The van der Waals surface area contributed by atoms with Crippen molar-refractivity contribution in [3.05, 3.63) is 0 Å². The van der Waals surface area contributed by atoms with Crippen molar-refractivity contribution in [1.82, 2.24) is 10.2 Å². The van der Waals surface area contributed by atoms with Gasteiger partial charge in [-0.15, -0.1) is 0 Å². The fourth-order valence-electron chi connectivity index (χ4n) is 1.95. The highest BCUT2D eigenvalue weighted by molar-refractivity contribution is 5.75. The second-order valence-electron chi connectivity index (χ2n) is 4.04. The molecule has 1 fully saturated rings. The summed E-state index contributed by atoms with van der Waals surface area (Å²) in [4.78, 5) is 13.6. The van der Waals surface area contributed by atoms with E-state index >= 15 is 0 Å². The van der Waals surface area contributed by atoms with Gasteiger partial charge in [0.15, 0.2) is 0 Å². The Bertz CT molecular complexity index is 174. The Labute approximate surface area is 86.9 Å². The molecule has 0 aromatic rings. The van der Waals surface area contributed by atoms with Crippen molar-refractivity contribution >= 4 is 5.91 Å². The van der Waals surface area contributed by atoms with Gasteiger partial charge in [-0.25, -0.2) is 0 Å². The summed E-state index contributed by atoms with van der Waals surface area (Å²) in [7, 11) is 0. The van der Waals surface area contributed by atoms with Crippen LogP contribution in [0.1, 0.15) is 39.5 Å². The Hall–Kier alpha value is -0.570. The summed E-state index contributed by atoms with van der Waals surface area (Å²) in [5.74, 6) is 0.193. The highest BCUT2D eigenvalue weighted by Gasteiger charge is 2.19. The lowest BCUT2D eigenvalue weighted by Crippen LogP contribution is -2.44. The van der Waals surface area contributed by atoms with Gasteiger partial charge >= 0.3 is 0 Å². The van der Waals surface area contributed by atoms with E-state index in [4.69, 9.17) is 0 Å². The Morgan fingerprint density at radius 2 is 2.00 bits per heavy atom. The lowest BCUT2D eigenvalue weighted by atomic mass is 10.0. The van der Waals surface area contributed by atoms with E-state index in [1.807, 2.05) is 6.92 Å². The number of rotatable bonds is 4. The van der Waals surface area contributed by atoms with Gasteiger partial charge in [0.1, 0.15) is 0 Å². The van der Waals surface area contributed by atoms with Crippen molar-refractivity contribution in [1.29, 1.82) is 0 Å². The zero-order chi connectivity index (χ0) is 10.4. The summed E-state index contributed by atoms with van der Waals surface area (Å²) in [6.45, 7) is 7.60. The largest absolute Gasteiger partial charge is 0.353 e. The molecule has 1 aliphatic heterocycles. The zero-order valence-electron chi connectivity index (χ0n) is 9.38. The van der Waals surface area contributed by atoms with Crippen molar-refractivity contribution in [2.45, 2.75) is 45.6 Å². The van der Waals surface area contributed by atoms with E-state index in [1.165, 1.54) is 13.0 Å². The van der Waals surface area contributed by atoms with Crippen molar-refractivity contribution < 1.29 is 4.79 Å². The summed E-state index contributed by atoms with van der Waals surface area (Å²) < 4.78 is 0. The number of hydrogen-bond donors (Lipinski definition) is 1. The molecule has 3 nitrogen and oxygen atoms in total. The topological polar surface area (TPSA) is 32.3 Å². The number of carbonyl (C=O) groups is 1. The molecule has 0 aliphatic carbocycles. The molecule has 0 spiro atoms. The van der Waals surface area contributed by atoms with E-state index in [9.17, 15) is 4.79 Å². The minimum absolute atomic E-state index is 0.193. The molecule has 0 atom stereocenters. The van der Waals surface area contributed by atoms with E-state index in [2.05, 4.69) is 17.1 Å². The molecule has 1 rings (SSSR count). The molecule has 0 aromatic carbocycles. The first-order chi connectivity index (χ1) is 6.76. The summed E-state index contributed by atoms with van der Waals surface area (Å²) in [6.07, 6.45) is 4.07. The number of nitrogens with one attached hydrogen (secondary N) is 1. The van der Waals surface area contributed by atoms with Crippen LogP contribution in [-0.4, -0.2) is 36.5 Å². The monoisotopic (exact) mass is 198 g/mol. The van der Waals surface area contributed by atoms with Crippen LogP contribution in [0.3, 0.4) is 0 Å². The third-order valence-electron chi connectivity index (χ3n) is 2.81. The predicted molar refractivity (Wildman–Crippen MR) is 58.2 cm³/mol. The summed E-state index contributed by atoms with van der Waals surface area (Å²) in [5.41, 5.74) is 0. The van der Waals surface area contributed by atoms with E-state index < -0.39 is 0 Å². The molecule has 0 saturated carbocycles. The lowest BCUT2D eigenvalue weighted by molar-refractivity contribution is -0.121. The SMILES string of the molecule is CCCN1CCC(NC(=O)CC)CC1. The summed E-state index contributed by atoms with van der Waals surface area (Å²) in [6, 6.07) is 0.426. The standard InChI is InChI=1S/C11H22N2O/c1-3-7-13-8-5-10(6-9-13)12-11(14)4-2/h10H,3-9H2,1-2H3,(H,12,14). The first-order valence-electron chi connectivity index (χ1n) is 5.78. The van der Waals surface area contributed by atoms with Gasteiger partial charge in [0.2, 0.25) is 5.91 Å². The lowest BCUT2D eigenvalue weighted by Gasteiger charge is -2.32. The molecule has 14 heavy (non-hydrogen) atoms. The molecular formula is C11H22N2O. The van der Waals surface area contributed by atoms with Gasteiger partial charge in [0.25, 0.3) is 0 Å². The van der Waals surface area contributed by atoms with E-state index in [1.54, 1.807) is 0 Å². The molecule has 1 aliphatic rings. The van der Waals surface area contributed by atoms with Gasteiger partial charge in [-0.05, 0) is 25.8 Å². The first-order valence-corrected chi connectivity index (χ1v) is 5.78. The Kier molecular flexibility index (Phi) is 4.94. The minimum atomic E-state index is 0.193. The van der Waals surface area contributed by atoms with Crippen molar-refractivity contribution in [2.24, 2.45) is 0 Å². The predicted octanol–water partition coefficient (Wildman–Crippen LogP) is 1.39. The molecule has 1 heterocycles. The molecule has 1 saturated heterocycles. The van der Waals surface area contributed by atoms with Crippen LogP contribution in [0.5, 0.6) is 0 Å². The molecule has 3 heteroatoms. The highest BCUT2D eigenvalue weighted by Crippen LogP contribution is 2.10. The zero-order valence-corrected chi connectivity index (χ0v) is 9.38. The normalized spacial score (nSPS) is 19.6. The highest BCUT2D eigenvalue weighted by atomic mass is 16.1. The molecule has 0 radical (unpaired) electrons. The maximum atomic E-state index is 11.2. The average molecular weight is 198 g/mol. The van der Waals surface area contributed by atoms with Crippen LogP contribution in [-0.2, 0) is 4.79 Å². The quantitative estimate of drug-likeness (QED) is 0.740. The van der Waals surface area contributed by atoms with E-state index in [0.717, 1.165) is 25.9 Å².